The summed E-state index contributed by atoms with van der Waals surface area (Å²) in [6.45, 7) is 1.53. The highest BCUT2D eigenvalue weighted by Crippen LogP contribution is 2.39. The fourth-order valence-corrected chi connectivity index (χ4v) is 5.66. The van der Waals surface area contributed by atoms with Gasteiger partial charge in [0.1, 0.15) is 23.0 Å². The van der Waals surface area contributed by atoms with Crippen molar-refractivity contribution in [3.05, 3.63) is 71.2 Å². The van der Waals surface area contributed by atoms with E-state index in [1.54, 1.807) is 56.5 Å². The van der Waals surface area contributed by atoms with Gasteiger partial charge in [-0.15, -0.1) is 0 Å². The molecule has 1 aliphatic rings. The third kappa shape index (κ3) is 5.40. The highest BCUT2D eigenvalue weighted by Gasteiger charge is 2.38. The normalized spacial score (nSPS) is 15.7. The molecule has 0 spiro atoms. The molecule has 0 radical (unpaired) electrons. The first-order valence-corrected chi connectivity index (χ1v) is 13.1. The number of hydrogen-bond acceptors (Lipinski definition) is 7. The number of nitrogens with zero attached hydrogens (tertiary/aromatic N) is 1. The minimum Gasteiger partial charge on any atom is -0.497 e. The Balaban J connectivity index is 1.64. The number of benzene rings is 3. The Hall–Kier alpha value is -3.63. The first kappa shape index (κ1) is 26.4. The average Bonchev–Trinajstić information content (AvgIpc) is 2.91. The van der Waals surface area contributed by atoms with Crippen LogP contribution < -0.4 is 28.6 Å². The molecule has 0 bridgehead atoms. The Bertz CT molecular complexity index is 1400. The maximum absolute atomic E-state index is 13.7. The predicted molar refractivity (Wildman–Crippen MR) is 139 cm³/mol. The minimum atomic E-state index is -4.06. The summed E-state index contributed by atoms with van der Waals surface area (Å²) in [5, 5.41) is 3.23. The van der Waals surface area contributed by atoms with Gasteiger partial charge in [0.2, 0.25) is 0 Å². The number of sulfonamides is 1. The Labute approximate surface area is 220 Å². The zero-order valence-electron chi connectivity index (χ0n) is 20.7. The monoisotopic (exact) mass is 546 g/mol. The Morgan fingerprint density at radius 2 is 1.68 bits per heavy atom. The van der Waals surface area contributed by atoms with Crippen LogP contribution in [0.3, 0.4) is 0 Å². The number of ether oxygens (including phenoxy) is 4. The topological polar surface area (TPSA) is 103 Å². The van der Waals surface area contributed by atoms with Gasteiger partial charge in [0.15, 0.2) is 6.10 Å². The highest BCUT2D eigenvalue weighted by atomic mass is 35.5. The lowest BCUT2D eigenvalue weighted by atomic mass is 10.1. The number of halogens is 1. The van der Waals surface area contributed by atoms with Crippen LogP contribution in [0, 0.1) is 0 Å². The standard InChI is InChI=1S/C26H27ClN2O7S/c1-16(21-14-19(34-3)8-12-23(21)35-4)28-26(30)25-15-29(22-13-17(27)5-11-24(22)36-25)37(31,32)20-9-6-18(33-2)7-10-20/h5-14,16,25H,15H2,1-4H3,(H,28,30)/t16-,25+/m0/s1. The van der Waals surface area contributed by atoms with E-state index in [4.69, 9.17) is 30.5 Å². The zero-order chi connectivity index (χ0) is 26.7. The lowest BCUT2D eigenvalue weighted by Gasteiger charge is -2.35. The zero-order valence-corrected chi connectivity index (χ0v) is 22.3. The molecule has 0 aliphatic carbocycles. The Kier molecular flexibility index (Phi) is 7.70. The summed E-state index contributed by atoms with van der Waals surface area (Å²) < 4.78 is 50.2. The fourth-order valence-electron chi connectivity index (χ4n) is 4.03. The van der Waals surface area contributed by atoms with Crippen molar-refractivity contribution in [2.45, 2.75) is 24.0 Å². The number of fused-ring (bicyclic) bond motifs is 1. The smallest absolute Gasteiger partial charge is 0.264 e. The number of carbonyl (C=O) groups is 1. The molecule has 0 unspecified atom stereocenters. The molecule has 11 heteroatoms. The molecule has 0 saturated heterocycles. The van der Waals surface area contributed by atoms with Crippen LogP contribution in [0.2, 0.25) is 5.02 Å². The summed E-state index contributed by atoms with van der Waals surface area (Å²) in [5.74, 6) is 1.42. The Morgan fingerprint density at radius 1 is 1.00 bits per heavy atom. The van der Waals surface area contributed by atoms with Crippen LogP contribution in [0.4, 0.5) is 5.69 Å². The number of methoxy groups -OCH3 is 3. The number of anilines is 1. The maximum atomic E-state index is 13.7. The van der Waals surface area contributed by atoms with Gasteiger partial charge in [-0.3, -0.25) is 9.10 Å². The molecule has 0 aromatic heterocycles. The van der Waals surface area contributed by atoms with Gasteiger partial charge in [0.05, 0.1) is 44.5 Å². The molecule has 4 rings (SSSR count). The van der Waals surface area contributed by atoms with Crippen LogP contribution in [-0.4, -0.2) is 48.3 Å². The number of amides is 1. The summed E-state index contributed by atoms with van der Waals surface area (Å²) >= 11 is 6.17. The predicted octanol–water partition coefficient (Wildman–Crippen LogP) is 4.20. The third-order valence-corrected chi connectivity index (χ3v) is 8.02. The molecule has 1 N–H and O–H groups in total. The van der Waals surface area contributed by atoms with E-state index in [0.717, 1.165) is 4.31 Å². The lowest BCUT2D eigenvalue weighted by molar-refractivity contribution is -0.128. The van der Waals surface area contributed by atoms with Gasteiger partial charge in [-0.25, -0.2) is 8.42 Å². The fraction of sp³-hybridized carbons (Fsp3) is 0.269. The third-order valence-electron chi connectivity index (χ3n) is 5.99. The molecule has 196 valence electrons. The quantitative estimate of drug-likeness (QED) is 0.451. The average molecular weight is 547 g/mol. The summed E-state index contributed by atoms with van der Waals surface area (Å²) in [5.41, 5.74) is 0.941. The van der Waals surface area contributed by atoms with E-state index in [9.17, 15) is 13.2 Å². The van der Waals surface area contributed by atoms with Crippen LogP contribution in [0.15, 0.2) is 65.6 Å². The second-order valence-electron chi connectivity index (χ2n) is 8.27. The van der Waals surface area contributed by atoms with E-state index in [0.29, 0.717) is 27.8 Å². The van der Waals surface area contributed by atoms with Crippen molar-refractivity contribution in [3.8, 4) is 23.0 Å². The van der Waals surface area contributed by atoms with E-state index in [1.165, 1.54) is 32.4 Å². The van der Waals surface area contributed by atoms with E-state index >= 15 is 0 Å². The van der Waals surface area contributed by atoms with Crippen LogP contribution in [-0.2, 0) is 14.8 Å². The van der Waals surface area contributed by atoms with Crippen LogP contribution in [0.1, 0.15) is 18.5 Å². The number of nitrogens with one attached hydrogen (secondary N) is 1. The van der Waals surface area contributed by atoms with Crippen molar-refractivity contribution >= 4 is 33.2 Å². The largest absolute Gasteiger partial charge is 0.497 e. The molecule has 1 heterocycles. The number of carbonyl (C=O) groups excluding carboxylic acids is 1. The summed E-state index contributed by atoms with van der Waals surface area (Å²) in [4.78, 5) is 13.4. The molecule has 1 aliphatic heterocycles. The van der Waals surface area contributed by atoms with Crippen molar-refractivity contribution < 1.29 is 32.2 Å². The molecule has 3 aromatic rings. The minimum absolute atomic E-state index is 0.0368. The van der Waals surface area contributed by atoms with E-state index < -0.39 is 28.1 Å². The van der Waals surface area contributed by atoms with Gasteiger partial charge in [-0.05, 0) is 67.6 Å². The molecular formula is C26H27ClN2O7S. The van der Waals surface area contributed by atoms with E-state index in [2.05, 4.69) is 5.32 Å². The lowest BCUT2D eigenvalue weighted by Crippen LogP contribution is -2.51. The molecule has 2 atom stereocenters. The second kappa shape index (κ2) is 10.8. The Morgan fingerprint density at radius 3 is 2.32 bits per heavy atom. The van der Waals surface area contributed by atoms with Gasteiger partial charge < -0.3 is 24.3 Å². The summed E-state index contributed by atoms with van der Waals surface area (Å²) in [6, 6.07) is 15.4. The second-order valence-corrected chi connectivity index (χ2v) is 10.6. The molecule has 0 fully saturated rings. The summed E-state index contributed by atoms with van der Waals surface area (Å²) in [6.07, 6.45) is -1.12. The first-order valence-electron chi connectivity index (χ1n) is 11.3. The molecule has 37 heavy (non-hydrogen) atoms. The van der Waals surface area contributed by atoms with Crippen LogP contribution >= 0.6 is 11.6 Å². The SMILES string of the molecule is COc1ccc(S(=O)(=O)N2C[C@H](C(=O)N[C@@H](C)c3cc(OC)ccc3OC)Oc3ccc(Cl)cc32)cc1. The van der Waals surface area contributed by atoms with Crippen molar-refractivity contribution in [2.75, 3.05) is 32.2 Å². The summed E-state index contributed by atoms with van der Waals surface area (Å²) in [7, 11) is 0.517. The van der Waals surface area contributed by atoms with Crippen LogP contribution in [0.5, 0.6) is 23.0 Å². The number of rotatable bonds is 8. The highest BCUT2D eigenvalue weighted by molar-refractivity contribution is 7.92. The maximum Gasteiger partial charge on any atom is 0.264 e. The van der Waals surface area contributed by atoms with E-state index in [-0.39, 0.29) is 22.9 Å². The van der Waals surface area contributed by atoms with Crippen molar-refractivity contribution in [1.82, 2.24) is 5.32 Å². The molecular weight excluding hydrogens is 520 g/mol. The number of hydrogen-bond donors (Lipinski definition) is 1. The van der Waals surface area contributed by atoms with Crippen molar-refractivity contribution in [1.29, 1.82) is 0 Å². The molecule has 9 nitrogen and oxygen atoms in total. The van der Waals surface area contributed by atoms with Gasteiger partial charge in [0.25, 0.3) is 15.9 Å². The van der Waals surface area contributed by atoms with Crippen molar-refractivity contribution in [3.63, 3.8) is 0 Å². The van der Waals surface area contributed by atoms with Gasteiger partial charge in [-0.1, -0.05) is 11.6 Å². The van der Waals surface area contributed by atoms with E-state index in [1.807, 2.05) is 0 Å². The van der Waals surface area contributed by atoms with Crippen molar-refractivity contribution in [2.24, 2.45) is 0 Å². The van der Waals surface area contributed by atoms with Gasteiger partial charge in [0, 0.05) is 10.6 Å². The van der Waals surface area contributed by atoms with Crippen LogP contribution in [0.25, 0.3) is 0 Å². The molecule has 3 aromatic carbocycles. The van der Waals surface area contributed by atoms with Gasteiger partial charge >= 0.3 is 0 Å². The first-order chi connectivity index (χ1) is 17.7. The van der Waals surface area contributed by atoms with Gasteiger partial charge in [-0.2, -0.15) is 0 Å². The molecule has 1 amide bonds. The molecule has 0 saturated carbocycles.